The van der Waals surface area contributed by atoms with Crippen molar-refractivity contribution in [3.8, 4) is 0 Å². The topological polar surface area (TPSA) is 97.9 Å². The molecule has 0 aliphatic carbocycles. The minimum absolute atomic E-state index is 0.228. The maximum atomic E-state index is 12.2. The van der Waals surface area contributed by atoms with Gasteiger partial charge in [0.15, 0.2) is 17.2 Å². The number of aromatic nitrogens is 4. The SMILES string of the molecule is O=C(NCCc1nc2ccccc2o1)c1cn(C[C@@H]2CCCNC2)nn1. The van der Waals surface area contributed by atoms with Gasteiger partial charge in [0.25, 0.3) is 5.91 Å². The van der Waals surface area contributed by atoms with Crippen molar-refractivity contribution < 1.29 is 9.21 Å². The molecule has 1 aliphatic heterocycles. The number of benzene rings is 1. The third kappa shape index (κ3) is 3.91. The molecule has 136 valence electrons. The number of carbonyl (C=O) groups excluding carboxylic acids is 1. The molecule has 0 unspecified atom stereocenters. The molecule has 1 aliphatic rings. The lowest BCUT2D eigenvalue weighted by Crippen LogP contribution is -2.32. The number of hydrogen-bond donors (Lipinski definition) is 2. The molecule has 1 atom stereocenters. The Morgan fingerprint density at radius 2 is 2.31 bits per heavy atom. The number of rotatable bonds is 6. The summed E-state index contributed by atoms with van der Waals surface area (Å²) in [6, 6.07) is 7.61. The van der Waals surface area contributed by atoms with Crippen molar-refractivity contribution in [1.29, 1.82) is 0 Å². The lowest BCUT2D eigenvalue weighted by molar-refractivity contribution is 0.0948. The van der Waals surface area contributed by atoms with Crippen molar-refractivity contribution >= 4 is 17.0 Å². The van der Waals surface area contributed by atoms with E-state index in [1.165, 1.54) is 12.8 Å². The Kier molecular flexibility index (Phi) is 4.92. The van der Waals surface area contributed by atoms with Crippen molar-refractivity contribution in [2.75, 3.05) is 19.6 Å². The zero-order chi connectivity index (χ0) is 17.8. The molecule has 4 rings (SSSR count). The predicted octanol–water partition coefficient (Wildman–Crippen LogP) is 1.39. The van der Waals surface area contributed by atoms with Crippen LogP contribution in [0.3, 0.4) is 0 Å². The minimum atomic E-state index is -0.228. The fraction of sp³-hybridized carbons (Fsp3) is 0.444. The van der Waals surface area contributed by atoms with Gasteiger partial charge in [0.2, 0.25) is 0 Å². The molecular formula is C18H22N6O2. The lowest BCUT2D eigenvalue weighted by atomic mass is 10.00. The molecule has 1 aromatic carbocycles. The average Bonchev–Trinajstić information content (AvgIpc) is 3.29. The summed E-state index contributed by atoms with van der Waals surface area (Å²) < 4.78 is 7.40. The molecule has 8 nitrogen and oxygen atoms in total. The highest BCUT2D eigenvalue weighted by molar-refractivity contribution is 5.91. The normalized spacial score (nSPS) is 17.5. The van der Waals surface area contributed by atoms with Gasteiger partial charge < -0.3 is 15.1 Å². The molecule has 0 radical (unpaired) electrons. The number of carbonyl (C=O) groups is 1. The standard InChI is InChI=1S/C18H22N6O2/c25-18(15-12-24(23-22-15)11-13-4-3-8-19-10-13)20-9-7-17-21-14-5-1-2-6-16(14)26-17/h1-2,5-6,12-13,19H,3-4,7-11H2,(H,20,25)/t13-/m1/s1. The van der Waals surface area contributed by atoms with E-state index < -0.39 is 0 Å². The molecule has 2 N–H and O–H groups in total. The fourth-order valence-electron chi connectivity index (χ4n) is 3.24. The zero-order valence-corrected chi connectivity index (χ0v) is 14.5. The smallest absolute Gasteiger partial charge is 0.273 e. The number of fused-ring (bicyclic) bond motifs is 1. The van der Waals surface area contributed by atoms with E-state index in [0.717, 1.165) is 30.7 Å². The number of nitrogens with one attached hydrogen (secondary N) is 2. The first-order valence-corrected chi connectivity index (χ1v) is 9.01. The first-order chi connectivity index (χ1) is 12.8. The van der Waals surface area contributed by atoms with Crippen LogP contribution in [0, 0.1) is 5.92 Å². The molecule has 3 aromatic rings. The Hall–Kier alpha value is -2.74. The summed E-state index contributed by atoms with van der Waals surface area (Å²) in [6.45, 7) is 3.30. The average molecular weight is 354 g/mol. The number of para-hydroxylation sites is 2. The molecule has 1 fully saturated rings. The first kappa shape index (κ1) is 16.7. The van der Waals surface area contributed by atoms with Gasteiger partial charge in [0.1, 0.15) is 5.52 Å². The molecule has 1 amide bonds. The largest absolute Gasteiger partial charge is 0.441 e. The maximum Gasteiger partial charge on any atom is 0.273 e. The Bertz CT molecular complexity index is 848. The van der Waals surface area contributed by atoms with Crippen molar-refractivity contribution in [2.45, 2.75) is 25.8 Å². The number of oxazole rings is 1. The maximum absolute atomic E-state index is 12.2. The highest BCUT2D eigenvalue weighted by Gasteiger charge is 2.16. The van der Waals surface area contributed by atoms with E-state index in [1.54, 1.807) is 10.9 Å². The van der Waals surface area contributed by atoms with Crippen molar-refractivity contribution in [2.24, 2.45) is 5.92 Å². The van der Waals surface area contributed by atoms with Gasteiger partial charge in [-0.05, 0) is 44.0 Å². The van der Waals surface area contributed by atoms with Gasteiger partial charge in [-0.25, -0.2) is 4.98 Å². The van der Waals surface area contributed by atoms with Crippen LogP contribution >= 0.6 is 0 Å². The van der Waals surface area contributed by atoms with Crippen LogP contribution in [0.15, 0.2) is 34.9 Å². The van der Waals surface area contributed by atoms with Crippen LogP contribution in [0.2, 0.25) is 0 Å². The van der Waals surface area contributed by atoms with Gasteiger partial charge in [0, 0.05) is 19.5 Å². The highest BCUT2D eigenvalue weighted by atomic mass is 16.3. The Labute approximate surface area is 151 Å². The van der Waals surface area contributed by atoms with Gasteiger partial charge in [-0.1, -0.05) is 17.3 Å². The van der Waals surface area contributed by atoms with Crippen LogP contribution in [0.25, 0.3) is 11.1 Å². The van der Waals surface area contributed by atoms with Gasteiger partial charge >= 0.3 is 0 Å². The quantitative estimate of drug-likeness (QED) is 0.694. The van der Waals surface area contributed by atoms with E-state index in [-0.39, 0.29) is 5.91 Å². The molecule has 1 saturated heterocycles. The summed E-state index contributed by atoms with van der Waals surface area (Å²) in [7, 11) is 0. The van der Waals surface area contributed by atoms with E-state index in [9.17, 15) is 4.79 Å². The summed E-state index contributed by atoms with van der Waals surface area (Å²) in [5.41, 5.74) is 1.93. The van der Waals surface area contributed by atoms with Gasteiger partial charge in [-0.2, -0.15) is 0 Å². The van der Waals surface area contributed by atoms with Gasteiger partial charge in [0.05, 0.1) is 6.20 Å². The van der Waals surface area contributed by atoms with E-state index in [0.29, 0.717) is 30.5 Å². The van der Waals surface area contributed by atoms with E-state index in [4.69, 9.17) is 4.42 Å². The monoisotopic (exact) mass is 354 g/mol. The van der Waals surface area contributed by atoms with E-state index in [2.05, 4.69) is 25.9 Å². The molecule has 3 heterocycles. The first-order valence-electron chi connectivity index (χ1n) is 9.01. The van der Waals surface area contributed by atoms with Crippen molar-refractivity contribution in [3.63, 3.8) is 0 Å². The third-order valence-electron chi connectivity index (χ3n) is 4.58. The number of amides is 1. The Balaban J connectivity index is 1.28. The second-order valence-electron chi connectivity index (χ2n) is 6.62. The number of hydrogen-bond acceptors (Lipinski definition) is 6. The predicted molar refractivity (Wildman–Crippen MR) is 95.7 cm³/mol. The van der Waals surface area contributed by atoms with Crippen LogP contribution in [0.5, 0.6) is 0 Å². The molecule has 0 bridgehead atoms. The summed E-state index contributed by atoms with van der Waals surface area (Å²) in [5, 5.41) is 14.3. The minimum Gasteiger partial charge on any atom is -0.441 e. The summed E-state index contributed by atoms with van der Waals surface area (Å²) >= 11 is 0. The molecule has 0 saturated carbocycles. The lowest BCUT2D eigenvalue weighted by Gasteiger charge is -2.22. The molecule has 2 aromatic heterocycles. The Morgan fingerprint density at radius 1 is 1.38 bits per heavy atom. The second-order valence-corrected chi connectivity index (χ2v) is 6.62. The molecule has 26 heavy (non-hydrogen) atoms. The molecule has 0 spiro atoms. The van der Waals surface area contributed by atoms with Gasteiger partial charge in [-0.3, -0.25) is 9.48 Å². The van der Waals surface area contributed by atoms with Crippen LogP contribution < -0.4 is 10.6 Å². The summed E-state index contributed by atoms with van der Waals surface area (Å²) in [6.07, 6.45) is 4.60. The molecule has 8 heteroatoms. The van der Waals surface area contributed by atoms with Crippen LogP contribution in [0.1, 0.15) is 29.2 Å². The molecular weight excluding hydrogens is 332 g/mol. The Morgan fingerprint density at radius 3 is 3.15 bits per heavy atom. The van der Waals surface area contributed by atoms with Crippen LogP contribution in [-0.4, -0.2) is 45.5 Å². The number of nitrogens with zero attached hydrogens (tertiary/aromatic N) is 4. The van der Waals surface area contributed by atoms with E-state index in [1.807, 2.05) is 24.3 Å². The van der Waals surface area contributed by atoms with Gasteiger partial charge in [-0.15, -0.1) is 5.10 Å². The van der Waals surface area contributed by atoms with Crippen molar-refractivity contribution in [3.05, 3.63) is 42.0 Å². The number of piperidine rings is 1. The second kappa shape index (κ2) is 7.65. The zero-order valence-electron chi connectivity index (χ0n) is 14.5. The fourth-order valence-corrected chi connectivity index (χ4v) is 3.24. The van der Waals surface area contributed by atoms with Crippen molar-refractivity contribution in [1.82, 2.24) is 30.6 Å². The van der Waals surface area contributed by atoms with Crippen LogP contribution in [0.4, 0.5) is 0 Å². The third-order valence-corrected chi connectivity index (χ3v) is 4.58. The summed E-state index contributed by atoms with van der Waals surface area (Å²) in [4.78, 5) is 16.6. The van der Waals surface area contributed by atoms with E-state index >= 15 is 0 Å². The highest BCUT2D eigenvalue weighted by Crippen LogP contribution is 2.15. The summed E-state index contributed by atoms with van der Waals surface area (Å²) in [5.74, 6) is 0.926. The van der Waals surface area contributed by atoms with Crippen LogP contribution in [-0.2, 0) is 13.0 Å².